The molecular weight excluding hydrogens is 338 g/mol. The molecular formula is C19H25NO4S. The fourth-order valence-corrected chi connectivity index (χ4v) is 3.24. The SMILES string of the molecule is C=C=CC(OC(=O)N(CC=C)S(=O)(=O)c1ccc(C)cc1)C(C)(C)C. The maximum absolute atomic E-state index is 12.8. The molecule has 0 heterocycles. The van der Waals surface area contributed by atoms with Crippen molar-refractivity contribution in [3.8, 4) is 0 Å². The molecule has 1 aromatic rings. The first-order valence-corrected chi connectivity index (χ1v) is 9.25. The van der Waals surface area contributed by atoms with Crippen molar-refractivity contribution in [2.24, 2.45) is 5.41 Å². The minimum absolute atomic E-state index is 0.0171. The molecule has 0 spiro atoms. The van der Waals surface area contributed by atoms with Gasteiger partial charge in [-0.15, -0.1) is 12.3 Å². The molecule has 5 nitrogen and oxygen atoms in total. The average Bonchev–Trinajstić information content (AvgIpc) is 2.51. The number of benzene rings is 1. The fourth-order valence-electron chi connectivity index (χ4n) is 1.96. The Morgan fingerprint density at radius 3 is 2.32 bits per heavy atom. The number of amides is 1. The number of carbonyl (C=O) groups is 1. The van der Waals surface area contributed by atoms with Crippen LogP contribution in [0.4, 0.5) is 4.79 Å². The largest absolute Gasteiger partial charge is 0.440 e. The van der Waals surface area contributed by atoms with Gasteiger partial charge in [-0.2, -0.15) is 4.31 Å². The Bertz CT molecular complexity index is 767. The minimum atomic E-state index is -4.05. The van der Waals surface area contributed by atoms with Gasteiger partial charge in [-0.05, 0) is 25.1 Å². The Morgan fingerprint density at radius 1 is 1.32 bits per heavy atom. The zero-order valence-corrected chi connectivity index (χ0v) is 16.0. The molecule has 0 aliphatic carbocycles. The first-order chi connectivity index (χ1) is 11.5. The van der Waals surface area contributed by atoms with Gasteiger partial charge in [-0.25, -0.2) is 13.2 Å². The molecule has 0 aromatic heterocycles. The van der Waals surface area contributed by atoms with Crippen LogP contribution >= 0.6 is 0 Å². The molecule has 1 unspecified atom stereocenters. The molecule has 0 bridgehead atoms. The van der Waals surface area contributed by atoms with Crippen LogP contribution in [0.15, 0.2) is 60.2 Å². The topological polar surface area (TPSA) is 63.7 Å². The number of aryl methyl sites for hydroxylation is 1. The van der Waals surface area contributed by atoms with Crippen molar-refractivity contribution >= 4 is 16.1 Å². The smallest absolute Gasteiger partial charge is 0.424 e. The Labute approximate surface area is 150 Å². The van der Waals surface area contributed by atoms with Crippen molar-refractivity contribution < 1.29 is 17.9 Å². The number of nitrogens with zero attached hydrogens (tertiary/aromatic N) is 1. The van der Waals surface area contributed by atoms with Gasteiger partial charge in [0.25, 0.3) is 10.0 Å². The van der Waals surface area contributed by atoms with E-state index in [2.05, 4.69) is 18.9 Å². The normalized spacial score (nSPS) is 12.6. The second kappa shape index (κ2) is 8.19. The van der Waals surface area contributed by atoms with Crippen LogP contribution in [0.25, 0.3) is 0 Å². The summed E-state index contributed by atoms with van der Waals surface area (Å²) in [7, 11) is -4.05. The van der Waals surface area contributed by atoms with Crippen molar-refractivity contribution in [3.05, 3.63) is 60.9 Å². The van der Waals surface area contributed by atoms with Crippen LogP contribution in [-0.2, 0) is 14.8 Å². The van der Waals surface area contributed by atoms with Crippen molar-refractivity contribution in [2.75, 3.05) is 6.54 Å². The second-order valence-corrected chi connectivity index (χ2v) is 8.54. The van der Waals surface area contributed by atoms with Crippen LogP contribution < -0.4 is 0 Å². The summed E-state index contributed by atoms with van der Waals surface area (Å²) in [6, 6.07) is 6.25. The lowest BCUT2D eigenvalue weighted by atomic mass is 9.89. The van der Waals surface area contributed by atoms with Gasteiger partial charge in [0, 0.05) is 5.41 Å². The molecule has 1 aromatic carbocycles. The number of rotatable bonds is 6. The Balaban J connectivity index is 3.21. The van der Waals surface area contributed by atoms with Gasteiger partial charge in [-0.3, -0.25) is 0 Å². The summed E-state index contributed by atoms with van der Waals surface area (Å²) in [5, 5.41) is 0. The van der Waals surface area contributed by atoms with Crippen molar-refractivity contribution in [1.82, 2.24) is 4.31 Å². The van der Waals surface area contributed by atoms with E-state index in [0.29, 0.717) is 4.31 Å². The molecule has 136 valence electrons. The van der Waals surface area contributed by atoms with Crippen LogP contribution in [0.5, 0.6) is 0 Å². The molecule has 0 saturated heterocycles. The minimum Gasteiger partial charge on any atom is -0.440 e. The van der Waals surface area contributed by atoms with Crippen molar-refractivity contribution in [1.29, 1.82) is 0 Å². The quantitative estimate of drug-likeness (QED) is 0.565. The number of ether oxygens (including phenoxy) is 1. The predicted molar refractivity (Wildman–Crippen MR) is 98.7 cm³/mol. The van der Waals surface area contributed by atoms with Gasteiger partial charge in [-0.1, -0.05) is 51.1 Å². The summed E-state index contributed by atoms with van der Waals surface area (Å²) in [4.78, 5) is 12.6. The molecule has 1 atom stereocenters. The monoisotopic (exact) mass is 363 g/mol. The highest BCUT2D eigenvalue weighted by atomic mass is 32.2. The van der Waals surface area contributed by atoms with Gasteiger partial charge in [0.05, 0.1) is 11.4 Å². The highest BCUT2D eigenvalue weighted by Crippen LogP contribution is 2.25. The van der Waals surface area contributed by atoms with Crippen LogP contribution in [0.3, 0.4) is 0 Å². The molecule has 6 heteroatoms. The number of hydrogen-bond donors (Lipinski definition) is 0. The van der Waals surface area contributed by atoms with E-state index in [-0.39, 0.29) is 11.4 Å². The van der Waals surface area contributed by atoms with E-state index in [1.54, 1.807) is 12.1 Å². The van der Waals surface area contributed by atoms with E-state index in [0.717, 1.165) is 5.56 Å². The summed E-state index contributed by atoms with van der Waals surface area (Å²) in [6.07, 6.45) is 1.20. The number of sulfonamides is 1. The third-order valence-corrected chi connectivity index (χ3v) is 5.20. The highest BCUT2D eigenvalue weighted by Gasteiger charge is 2.34. The van der Waals surface area contributed by atoms with E-state index in [1.807, 2.05) is 27.7 Å². The molecule has 0 saturated carbocycles. The molecule has 0 N–H and O–H groups in total. The standard InChI is InChI=1S/C19H25NO4S/c1-7-9-17(19(4,5)6)24-18(21)20(14-8-2)25(22,23)16-12-10-15(3)11-13-16/h8-13,17H,1-2,14H2,3-6H3. The molecule has 1 rings (SSSR count). The molecule has 0 radical (unpaired) electrons. The summed E-state index contributed by atoms with van der Waals surface area (Å²) in [6.45, 7) is 14.3. The fraction of sp³-hybridized carbons (Fsp3) is 0.368. The summed E-state index contributed by atoms with van der Waals surface area (Å²) < 4.78 is 31.7. The molecule has 25 heavy (non-hydrogen) atoms. The lowest BCUT2D eigenvalue weighted by Gasteiger charge is -2.29. The van der Waals surface area contributed by atoms with Gasteiger partial charge in [0.2, 0.25) is 0 Å². The lowest BCUT2D eigenvalue weighted by Crippen LogP contribution is -2.41. The number of carbonyl (C=O) groups excluding carboxylic acids is 1. The third-order valence-electron chi connectivity index (χ3n) is 3.46. The van der Waals surface area contributed by atoms with E-state index in [4.69, 9.17) is 4.74 Å². The maximum atomic E-state index is 12.8. The highest BCUT2D eigenvalue weighted by molar-refractivity contribution is 7.89. The first kappa shape index (κ1) is 20.7. The zero-order valence-electron chi connectivity index (χ0n) is 15.2. The van der Waals surface area contributed by atoms with Gasteiger partial charge >= 0.3 is 6.09 Å². The third kappa shape index (κ3) is 5.34. The van der Waals surface area contributed by atoms with E-state index < -0.39 is 27.6 Å². The summed E-state index contributed by atoms with van der Waals surface area (Å²) in [5.41, 5.74) is 3.07. The van der Waals surface area contributed by atoms with Gasteiger partial charge < -0.3 is 4.74 Å². The molecule has 0 aliphatic heterocycles. The van der Waals surface area contributed by atoms with E-state index in [1.165, 1.54) is 24.3 Å². The van der Waals surface area contributed by atoms with Gasteiger partial charge in [0.1, 0.15) is 6.10 Å². The van der Waals surface area contributed by atoms with Crippen molar-refractivity contribution in [2.45, 2.75) is 38.7 Å². The Hall–Kier alpha value is -2.30. The Morgan fingerprint density at radius 2 is 1.88 bits per heavy atom. The van der Waals surface area contributed by atoms with Crippen molar-refractivity contribution in [3.63, 3.8) is 0 Å². The molecule has 0 fully saturated rings. The number of hydrogen-bond acceptors (Lipinski definition) is 4. The zero-order chi connectivity index (χ0) is 19.3. The van der Waals surface area contributed by atoms with Crippen LogP contribution in [0, 0.1) is 12.3 Å². The van der Waals surface area contributed by atoms with Crippen LogP contribution in [-0.4, -0.2) is 31.5 Å². The van der Waals surface area contributed by atoms with Crippen LogP contribution in [0.2, 0.25) is 0 Å². The molecule has 0 aliphatic rings. The Kier molecular flexibility index (Phi) is 6.79. The average molecular weight is 363 g/mol. The summed E-state index contributed by atoms with van der Waals surface area (Å²) in [5.74, 6) is 0. The van der Waals surface area contributed by atoms with E-state index >= 15 is 0 Å². The summed E-state index contributed by atoms with van der Waals surface area (Å²) >= 11 is 0. The molecule has 1 amide bonds. The maximum Gasteiger partial charge on any atom is 0.424 e. The van der Waals surface area contributed by atoms with Crippen LogP contribution in [0.1, 0.15) is 26.3 Å². The second-order valence-electron chi connectivity index (χ2n) is 6.68. The lowest BCUT2D eigenvalue weighted by molar-refractivity contribution is 0.0502. The predicted octanol–water partition coefficient (Wildman–Crippen LogP) is 4.06. The first-order valence-electron chi connectivity index (χ1n) is 7.81. The van der Waals surface area contributed by atoms with Gasteiger partial charge in [0.15, 0.2) is 0 Å². The van der Waals surface area contributed by atoms with E-state index in [9.17, 15) is 13.2 Å².